The third kappa shape index (κ3) is 5.32. The summed E-state index contributed by atoms with van der Waals surface area (Å²) in [5.74, 6) is 1.30. The van der Waals surface area contributed by atoms with Gasteiger partial charge in [-0.3, -0.25) is 9.69 Å². The third-order valence-electron chi connectivity index (χ3n) is 5.00. The van der Waals surface area contributed by atoms with E-state index in [0.717, 1.165) is 46.1 Å². The van der Waals surface area contributed by atoms with Gasteiger partial charge < -0.3 is 9.84 Å². The van der Waals surface area contributed by atoms with Crippen LogP contribution in [0.25, 0.3) is 11.4 Å². The molecule has 0 unspecified atom stereocenters. The molecular weight excluding hydrogens is 500 g/mol. The van der Waals surface area contributed by atoms with Crippen LogP contribution in [0.2, 0.25) is 0 Å². The lowest BCUT2D eigenvalue weighted by molar-refractivity contribution is -0.121. The number of nitrogens with one attached hydrogen (secondary N) is 1. The average molecular weight is 520 g/mol. The fourth-order valence-corrected chi connectivity index (χ4v) is 3.89. The molecule has 0 saturated carbocycles. The van der Waals surface area contributed by atoms with E-state index < -0.39 is 0 Å². The number of hydrogen-bond donors (Lipinski definition) is 1. The standard InChI is InChI=1S/C21H20Br2N4O2/c22-16-3-1-14(2-4-16)20-25-19(29-26-20)13-27-11-9-15(10-12-27)21(28)24-18-7-5-17(23)6-8-18/h1-8,15H,9-13H2,(H,24,28). The van der Waals surface area contributed by atoms with E-state index in [1.54, 1.807) is 0 Å². The van der Waals surface area contributed by atoms with E-state index in [4.69, 9.17) is 4.52 Å². The first-order chi connectivity index (χ1) is 14.1. The number of amides is 1. The number of nitrogens with zero attached hydrogens (tertiary/aromatic N) is 3. The summed E-state index contributed by atoms with van der Waals surface area (Å²) in [4.78, 5) is 19.3. The number of benzene rings is 2. The van der Waals surface area contributed by atoms with Crippen LogP contribution >= 0.6 is 31.9 Å². The van der Waals surface area contributed by atoms with E-state index >= 15 is 0 Å². The molecule has 6 nitrogen and oxygen atoms in total. The Balaban J connectivity index is 1.28. The van der Waals surface area contributed by atoms with Crippen molar-refractivity contribution in [2.75, 3.05) is 18.4 Å². The number of piperidine rings is 1. The summed E-state index contributed by atoms with van der Waals surface area (Å²) in [6.45, 7) is 2.26. The molecule has 1 N–H and O–H groups in total. The van der Waals surface area contributed by atoms with E-state index in [0.29, 0.717) is 18.3 Å². The first-order valence-electron chi connectivity index (χ1n) is 9.44. The Morgan fingerprint density at radius 1 is 1.03 bits per heavy atom. The van der Waals surface area contributed by atoms with Crippen molar-refractivity contribution < 1.29 is 9.32 Å². The molecule has 150 valence electrons. The second-order valence-corrected chi connectivity index (χ2v) is 8.90. The van der Waals surface area contributed by atoms with Crippen LogP contribution in [0.1, 0.15) is 18.7 Å². The van der Waals surface area contributed by atoms with Gasteiger partial charge in [0.15, 0.2) is 0 Å². The summed E-state index contributed by atoms with van der Waals surface area (Å²) in [6.07, 6.45) is 1.63. The Hall–Kier alpha value is -2.03. The Morgan fingerprint density at radius 2 is 1.66 bits per heavy atom. The Bertz CT molecular complexity index is 965. The highest BCUT2D eigenvalue weighted by molar-refractivity contribution is 9.10. The highest BCUT2D eigenvalue weighted by atomic mass is 79.9. The molecule has 1 amide bonds. The summed E-state index contributed by atoms with van der Waals surface area (Å²) in [5.41, 5.74) is 1.75. The van der Waals surface area contributed by atoms with Crippen molar-refractivity contribution in [2.45, 2.75) is 19.4 Å². The van der Waals surface area contributed by atoms with E-state index in [1.165, 1.54) is 0 Å². The molecule has 1 aliphatic heterocycles. The van der Waals surface area contributed by atoms with Crippen LogP contribution in [0.3, 0.4) is 0 Å². The van der Waals surface area contributed by atoms with Crippen molar-refractivity contribution in [3.05, 3.63) is 63.4 Å². The monoisotopic (exact) mass is 518 g/mol. The Kier molecular flexibility index (Phi) is 6.42. The van der Waals surface area contributed by atoms with E-state index in [9.17, 15) is 4.79 Å². The van der Waals surface area contributed by atoms with Crippen LogP contribution in [0.5, 0.6) is 0 Å². The zero-order valence-corrected chi connectivity index (χ0v) is 18.8. The lowest BCUT2D eigenvalue weighted by Gasteiger charge is -2.30. The first kappa shape index (κ1) is 20.3. The third-order valence-corrected chi connectivity index (χ3v) is 6.06. The second kappa shape index (κ2) is 9.19. The number of hydrogen-bond acceptors (Lipinski definition) is 5. The number of anilines is 1. The molecular formula is C21H20Br2N4O2. The molecule has 1 aliphatic rings. The predicted octanol–water partition coefficient (Wildman–Crippen LogP) is 5.11. The maximum absolute atomic E-state index is 12.5. The summed E-state index contributed by atoms with van der Waals surface area (Å²) < 4.78 is 7.42. The molecule has 1 saturated heterocycles. The van der Waals surface area contributed by atoms with Gasteiger partial charge in [-0.15, -0.1) is 0 Å². The minimum atomic E-state index is 0.0240. The van der Waals surface area contributed by atoms with Gasteiger partial charge in [-0.05, 0) is 74.5 Å². The number of likely N-dealkylation sites (tertiary alicyclic amines) is 1. The maximum Gasteiger partial charge on any atom is 0.241 e. The summed E-state index contributed by atoms with van der Waals surface area (Å²) in [5, 5.41) is 7.09. The van der Waals surface area contributed by atoms with Crippen molar-refractivity contribution in [3.8, 4) is 11.4 Å². The van der Waals surface area contributed by atoms with E-state index in [1.807, 2.05) is 48.5 Å². The number of halogens is 2. The molecule has 29 heavy (non-hydrogen) atoms. The van der Waals surface area contributed by atoms with Crippen LogP contribution in [0.15, 0.2) is 62.0 Å². The molecule has 0 spiro atoms. The Labute approximate surface area is 185 Å². The molecule has 0 bridgehead atoms. The summed E-state index contributed by atoms with van der Waals surface area (Å²) >= 11 is 6.83. The molecule has 0 aliphatic carbocycles. The molecule has 1 fully saturated rings. The molecule has 1 aromatic heterocycles. The topological polar surface area (TPSA) is 71.3 Å². The van der Waals surface area contributed by atoms with Gasteiger partial charge in [0.1, 0.15) is 0 Å². The van der Waals surface area contributed by atoms with Crippen LogP contribution in [0, 0.1) is 5.92 Å². The molecule has 2 heterocycles. The number of rotatable bonds is 5. The molecule has 4 rings (SSSR count). The highest BCUT2D eigenvalue weighted by Gasteiger charge is 2.26. The first-order valence-corrected chi connectivity index (χ1v) is 11.0. The number of carbonyl (C=O) groups excluding carboxylic acids is 1. The average Bonchev–Trinajstić information content (AvgIpc) is 3.19. The second-order valence-electron chi connectivity index (χ2n) is 7.07. The van der Waals surface area contributed by atoms with Crippen molar-refractivity contribution in [1.82, 2.24) is 15.0 Å². The SMILES string of the molecule is O=C(Nc1ccc(Br)cc1)C1CCN(Cc2nc(-c3ccc(Br)cc3)no2)CC1. The van der Waals surface area contributed by atoms with Gasteiger partial charge in [0.05, 0.1) is 6.54 Å². The van der Waals surface area contributed by atoms with Crippen molar-refractivity contribution in [1.29, 1.82) is 0 Å². The minimum Gasteiger partial charge on any atom is -0.338 e. The largest absolute Gasteiger partial charge is 0.338 e. The lowest BCUT2D eigenvalue weighted by Crippen LogP contribution is -2.37. The molecule has 8 heteroatoms. The van der Waals surface area contributed by atoms with Crippen molar-refractivity contribution >= 4 is 43.5 Å². The van der Waals surface area contributed by atoms with Gasteiger partial charge in [0.25, 0.3) is 0 Å². The quantitative estimate of drug-likeness (QED) is 0.507. The fraction of sp³-hybridized carbons (Fsp3) is 0.286. The minimum absolute atomic E-state index is 0.0240. The molecule has 3 aromatic rings. The smallest absolute Gasteiger partial charge is 0.241 e. The predicted molar refractivity (Wildman–Crippen MR) is 118 cm³/mol. The van der Waals surface area contributed by atoms with Crippen LogP contribution < -0.4 is 5.32 Å². The number of aromatic nitrogens is 2. The van der Waals surface area contributed by atoms with Gasteiger partial charge in [-0.25, -0.2) is 0 Å². The van der Waals surface area contributed by atoms with Gasteiger partial charge >= 0.3 is 0 Å². The van der Waals surface area contributed by atoms with Crippen molar-refractivity contribution in [3.63, 3.8) is 0 Å². The Morgan fingerprint density at radius 3 is 2.31 bits per heavy atom. The molecule has 0 radical (unpaired) electrons. The lowest BCUT2D eigenvalue weighted by atomic mass is 9.96. The van der Waals surface area contributed by atoms with Gasteiger partial charge in [-0.2, -0.15) is 4.98 Å². The highest BCUT2D eigenvalue weighted by Crippen LogP contribution is 2.23. The van der Waals surface area contributed by atoms with Gasteiger partial charge in [0, 0.05) is 26.1 Å². The van der Waals surface area contributed by atoms with Crippen molar-refractivity contribution in [2.24, 2.45) is 5.92 Å². The normalized spacial score (nSPS) is 15.4. The summed E-state index contributed by atoms with van der Waals surface area (Å²) in [6, 6.07) is 15.5. The van der Waals surface area contributed by atoms with Crippen LogP contribution in [0.4, 0.5) is 5.69 Å². The van der Waals surface area contributed by atoms with E-state index in [-0.39, 0.29) is 11.8 Å². The van der Waals surface area contributed by atoms with E-state index in [2.05, 4.69) is 52.2 Å². The molecule has 0 atom stereocenters. The van der Waals surface area contributed by atoms with Gasteiger partial charge in [0.2, 0.25) is 17.6 Å². The summed E-state index contributed by atoms with van der Waals surface area (Å²) in [7, 11) is 0. The number of carbonyl (C=O) groups is 1. The van der Waals surface area contributed by atoms with Crippen LogP contribution in [-0.2, 0) is 11.3 Å². The maximum atomic E-state index is 12.5. The fourth-order valence-electron chi connectivity index (χ4n) is 3.36. The zero-order valence-electron chi connectivity index (χ0n) is 15.6. The molecule has 2 aromatic carbocycles. The van der Waals surface area contributed by atoms with Gasteiger partial charge in [-0.1, -0.05) is 37.0 Å². The van der Waals surface area contributed by atoms with Crippen LogP contribution in [-0.4, -0.2) is 34.0 Å². The zero-order chi connectivity index (χ0) is 20.2.